The summed E-state index contributed by atoms with van der Waals surface area (Å²) in [6, 6.07) is 10.3. The second-order valence-electron chi connectivity index (χ2n) is 5.96. The summed E-state index contributed by atoms with van der Waals surface area (Å²) in [6.45, 7) is 4.62. The van der Waals surface area contributed by atoms with E-state index in [4.69, 9.17) is 5.73 Å². The number of nitrogens with two attached hydrogens (primary N) is 1. The Balaban J connectivity index is 2.05. The summed E-state index contributed by atoms with van der Waals surface area (Å²) in [6.07, 6.45) is 1.62. The van der Waals surface area contributed by atoms with Crippen molar-refractivity contribution in [1.29, 1.82) is 0 Å². The summed E-state index contributed by atoms with van der Waals surface area (Å²) in [4.78, 5) is 28.6. The van der Waals surface area contributed by atoms with Gasteiger partial charge in [-0.05, 0) is 30.2 Å². The molecule has 2 amide bonds. The SMILES string of the molecule is CC(C)CNC(=O)c1ccccc1NC(=O)Cc1ccc(N)cn1. The second kappa shape index (κ2) is 8.10. The number of nitrogen functional groups attached to an aromatic ring is 1. The van der Waals surface area contributed by atoms with Gasteiger partial charge in [-0.3, -0.25) is 14.6 Å². The zero-order valence-electron chi connectivity index (χ0n) is 13.9. The minimum Gasteiger partial charge on any atom is -0.397 e. The number of pyridine rings is 1. The molecule has 0 radical (unpaired) electrons. The van der Waals surface area contributed by atoms with E-state index in [9.17, 15) is 9.59 Å². The van der Waals surface area contributed by atoms with Gasteiger partial charge < -0.3 is 16.4 Å². The molecule has 2 aromatic rings. The smallest absolute Gasteiger partial charge is 0.253 e. The van der Waals surface area contributed by atoms with Crippen LogP contribution in [0, 0.1) is 5.92 Å². The molecular weight excluding hydrogens is 304 g/mol. The number of amides is 2. The third-order valence-electron chi connectivity index (χ3n) is 3.31. The Hall–Kier alpha value is -2.89. The van der Waals surface area contributed by atoms with Crippen LogP contribution in [0.15, 0.2) is 42.6 Å². The minimum atomic E-state index is -0.239. The lowest BCUT2D eigenvalue weighted by molar-refractivity contribution is -0.115. The molecule has 0 aliphatic heterocycles. The van der Waals surface area contributed by atoms with E-state index in [0.29, 0.717) is 35.1 Å². The molecule has 1 heterocycles. The molecule has 0 saturated heterocycles. The predicted molar refractivity (Wildman–Crippen MR) is 94.6 cm³/mol. The number of hydrogen-bond donors (Lipinski definition) is 3. The fourth-order valence-corrected chi connectivity index (χ4v) is 2.08. The second-order valence-corrected chi connectivity index (χ2v) is 5.96. The molecule has 0 atom stereocenters. The molecule has 126 valence electrons. The van der Waals surface area contributed by atoms with Crippen molar-refractivity contribution in [3.63, 3.8) is 0 Å². The lowest BCUT2D eigenvalue weighted by Crippen LogP contribution is -2.28. The minimum absolute atomic E-state index is 0.113. The zero-order valence-corrected chi connectivity index (χ0v) is 13.9. The van der Waals surface area contributed by atoms with Crippen molar-refractivity contribution in [3.05, 3.63) is 53.9 Å². The van der Waals surface area contributed by atoms with Crippen LogP contribution in [-0.2, 0) is 11.2 Å². The number of aromatic nitrogens is 1. The summed E-state index contributed by atoms with van der Waals surface area (Å²) in [5.41, 5.74) is 7.67. The normalized spacial score (nSPS) is 10.5. The predicted octanol–water partition coefficient (Wildman–Crippen LogP) is 2.23. The first kappa shape index (κ1) is 17.5. The summed E-state index contributed by atoms with van der Waals surface area (Å²) in [5.74, 6) is -0.0890. The van der Waals surface area contributed by atoms with Crippen LogP contribution < -0.4 is 16.4 Å². The van der Waals surface area contributed by atoms with Gasteiger partial charge in [-0.1, -0.05) is 26.0 Å². The molecular formula is C18H22N4O2. The molecule has 4 N–H and O–H groups in total. The van der Waals surface area contributed by atoms with Crippen LogP contribution in [0.3, 0.4) is 0 Å². The fourth-order valence-electron chi connectivity index (χ4n) is 2.08. The zero-order chi connectivity index (χ0) is 17.5. The summed E-state index contributed by atoms with van der Waals surface area (Å²) >= 11 is 0. The number of nitrogens with one attached hydrogen (secondary N) is 2. The largest absolute Gasteiger partial charge is 0.397 e. The molecule has 1 aromatic heterocycles. The maximum absolute atomic E-state index is 12.3. The Bertz CT molecular complexity index is 711. The highest BCUT2D eigenvalue weighted by Crippen LogP contribution is 2.15. The van der Waals surface area contributed by atoms with Gasteiger partial charge in [-0.15, -0.1) is 0 Å². The van der Waals surface area contributed by atoms with E-state index in [1.54, 1.807) is 36.4 Å². The van der Waals surface area contributed by atoms with Gasteiger partial charge in [0.2, 0.25) is 5.91 Å². The van der Waals surface area contributed by atoms with Crippen molar-refractivity contribution in [3.8, 4) is 0 Å². The molecule has 0 unspecified atom stereocenters. The number of nitrogens with zero attached hydrogens (tertiary/aromatic N) is 1. The van der Waals surface area contributed by atoms with E-state index in [1.165, 1.54) is 6.20 Å². The maximum Gasteiger partial charge on any atom is 0.253 e. The van der Waals surface area contributed by atoms with E-state index in [0.717, 1.165) is 0 Å². The van der Waals surface area contributed by atoms with Gasteiger partial charge in [0.1, 0.15) is 0 Å². The highest BCUT2D eigenvalue weighted by atomic mass is 16.2. The van der Waals surface area contributed by atoms with Crippen LogP contribution >= 0.6 is 0 Å². The van der Waals surface area contributed by atoms with Crippen molar-refractivity contribution in [1.82, 2.24) is 10.3 Å². The van der Waals surface area contributed by atoms with Gasteiger partial charge in [0.05, 0.1) is 29.6 Å². The van der Waals surface area contributed by atoms with Crippen molar-refractivity contribution >= 4 is 23.2 Å². The molecule has 24 heavy (non-hydrogen) atoms. The standard InChI is InChI=1S/C18H22N4O2/c1-12(2)10-21-18(24)15-5-3-4-6-16(15)22-17(23)9-14-8-7-13(19)11-20-14/h3-8,11-12H,9-10,19H2,1-2H3,(H,21,24)(H,22,23). The van der Waals surface area contributed by atoms with Crippen LogP contribution in [0.2, 0.25) is 0 Å². The van der Waals surface area contributed by atoms with Gasteiger partial charge in [0.15, 0.2) is 0 Å². The number of benzene rings is 1. The Kier molecular flexibility index (Phi) is 5.89. The lowest BCUT2D eigenvalue weighted by atomic mass is 10.1. The number of hydrogen-bond acceptors (Lipinski definition) is 4. The summed E-state index contributed by atoms with van der Waals surface area (Å²) in [5, 5.41) is 5.62. The molecule has 0 fully saturated rings. The van der Waals surface area contributed by atoms with E-state index < -0.39 is 0 Å². The quantitative estimate of drug-likeness (QED) is 0.758. The molecule has 2 rings (SSSR count). The Labute approximate surface area is 141 Å². The first-order chi connectivity index (χ1) is 11.5. The maximum atomic E-state index is 12.3. The average molecular weight is 326 g/mol. The Morgan fingerprint density at radius 1 is 1.17 bits per heavy atom. The number of para-hydroxylation sites is 1. The number of carbonyl (C=O) groups is 2. The number of rotatable bonds is 6. The number of carbonyl (C=O) groups excluding carboxylic acids is 2. The Morgan fingerprint density at radius 2 is 1.92 bits per heavy atom. The number of anilines is 2. The van der Waals surface area contributed by atoms with Crippen molar-refractivity contribution in [2.75, 3.05) is 17.6 Å². The van der Waals surface area contributed by atoms with Gasteiger partial charge in [-0.25, -0.2) is 0 Å². The molecule has 6 heteroatoms. The molecule has 6 nitrogen and oxygen atoms in total. The average Bonchev–Trinajstić information content (AvgIpc) is 2.55. The third-order valence-corrected chi connectivity index (χ3v) is 3.31. The van der Waals surface area contributed by atoms with E-state index in [-0.39, 0.29) is 18.2 Å². The highest BCUT2D eigenvalue weighted by Gasteiger charge is 2.13. The monoisotopic (exact) mass is 326 g/mol. The van der Waals surface area contributed by atoms with Gasteiger partial charge in [0, 0.05) is 12.2 Å². The molecule has 0 aliphatic rings. The lowest BCUT2D eigenvalue weighted by Gasteiger charge is -2.12. The topological polar surface area (TPSA) is 97.1 Å². The van der Waals surface area contributed by atoms with Crippen molar-refractivity contribution in [2.45, 2.75) is 20.3 Å². The summed E-state index contributed by atoms with van der Waals surface area (Å²) < 4.78 is 0. The van der Waals surface area contributed by atoms with Crippen LogP contribution in [0.4, 0.5) is 11.4 Å². The van der Waals surface area contributed by atoms with E-state index >= 15 is 0 Å². The van der Waals surface area contributed by atoms with Crippen LogP contribution in [0.25, 0.3) is 0 Å². The van der Waals surface area contributed by atoms with Crippen LogP contribution in [-0.4, -0.2) is 23.3 Å². The first-order valence-electron chi connectivity index (χ1n) is 7.83. The molecule has 1 aromatic carbocycles. The van der Waals surface area contributed by atoms with Crippen molar-refractivity contribution < 1.29 is 9.59 Å². The van der Waals surface area contributed by atoms with Gasteiger partial charge in [-0.2, -0.15) is 0 Å². The highest BCUT2D eigenvalue weighted by molar-refractivity contribution is 6.04. The van der Waals surface area contributed by atoms with Crippen LogP contribution in [0.5, 0.6) is 0 Å². The van der Waals surface area contributed by atoms with E-state index in [1.807, 2.05) is 13.8 Å². The Morgan fingerprint density at radius 3 is 2.58 bits per heavy atom. The first-order valence-corrected chi connectivity index (χ1v) is 7.83. The van der Waals surface area contributed by atoms with Gasteiger partial charge >= 0.3 is 0 Å². The third kappa shape index (κ3) is 5.08. The molecule has 0 bridgehead atoms. The molecule has 0 aliphatic carbocycles. The molecule has 0 saturated carbocycles. The van der Waals surface area contributed by atoms with E-state index in [2.05, 4.69) is 15.6 Å². The van der Waals surface area contributed by atoms with Crippen LogP contribution in [0.1, 0.15) is 29.9 Å². The molecule has 0 spiro atoms. The summed E-state index contributed by atoms with van der Waals surface area (Å²) in [7, 11) is 0. The van der Waals surface area contributed by atoms with Crippen molar-refractivity contribution in [2.24, 2.45) is 5.92 Å². The fraction of sp³-hybridized carbons (Fsp3) is 0.278. The van der Waals surface area contributed by atoms with Gasteiger partial charge in [0.25, 0.3) is 5.91 Å².